The summed E-state index contributed by atoms with van der Waals surface area (Å²) in [5.74, 6) is 1.83. The number of aromatic nitrogens is 5. The van der Waals surface area contributed by atoms with Crippen LogP contribution >= 0.6 is 11.8 Å². The SMILES string of the molecule is Cc1noc(C)c1CSc1ncccc1C(=O)Nc1ccc(-n2cccn2)nc1. The Bertz CT molecular complexity index is 1100. The molecule has 0 saturated carbocycles. The predicted molar refractivity (Wildman–Crippen MR) is 109 cm³/mol. The van der Waals surface area contributed by atoms with Gasteiger partial charge in [0.05, 0.1) is 23.1 Å². The summed E-state index contributed by atoms with van der Waals surface area (Å²) in [5, 5.41) is 11.6. The maximum Gasteiger partial charge on any atom is 0.258 e. The first kappa shape index (κ1) is 18.9. The number of carbonyl (C=O) groups is 1. The monoisotopic (exact) mass is 406 g/mol. The fourth-order valence-electron chi connectivity index (χ4n) is 2.73. The summed E-state index contributed by atoms with van der Waals surface area (Å²) in [6.07, 6.45) is 6.76. The minimum absolute atomic E-state index is 0.243. The summed E-state index contributed by atoms with van der Waals surface area (Å²) in [7, 11) is 0. The molecule has 0 bridgehead atoms. The zero-order valence-corrected chi connectivity index (χ0v) is 16.7. The van der Waals surface area contributed by atoms with E-state index in [-0.39, 0.29) is 5.91 Å². The molecule has 0 aliphatic rings. The maximum absolute atomic E-state index is 12.8. The van der Waals surface area contributed by atoms with Crippen LogP contribution in [0, 0.1) is 13.8 Å². The van der Waals surface area contributed by atoms with Crippen molar-refractivity contribution in [3.8, 4) is 5.82 Å². The molecule has 0 aromatic carbocycles. The Morgan fingerprint density at radius 3 is 2.76 bits per heavy atom. The molecule has 0 unspecified atom stereocenters. The Morgan fingerprint density at radius 2 is 2.07 bits per heavy atom. The van der Waals surface area contributed by atoms with Gasteiger partial charge in [-0.2, -0.15) is 5.10 Å². The van der Waals surface area contributed by atoms with Gasteiger partial charge in [0.1, 0.15) is 10.8 Å². The molecule has 1 N–H and O–H groups in total. The van der Waals surface area contributed by atoms with Crippen molar-refractivity contribution in [1.82, 2.24) is 24.9 Å². The molecule has 0 spiro atoms. The summed E-state index contributed by atoms with van der Waals surface area (Å²) < 4.78 is 6.85. The second-order valence-electron chi connectivity index (χ2n) is 6.26. The Balaban J connectivity index is 1.47. The first-order valence-electron chi connectivity index (χ1n) is 8.89. The highest BCUT2D eigenvalue weighted by atomic mass is 32.2. The number of anilines is 1. The van der Waals surface area contributed by atoms with Crippen LogP contribution in [0.3, 0.4) is 0 Å². The van der Waals surface area contributed by atoms with Crippen LogP contribution in [0.15, 0.2) is 64.7 Å². The second-order valence-corrected chi connectivity index (χ2v) is 7.22. The lowest BCUT2D eigenvalue weighted by molar-refractivity contribution is 0.102. The van der Waals surface area contributed by atoms with Crippen LogP contribution in [0.25, 0.3) is 5.82 Å². The molecule has 29 heavy (non-hydrogen) atoms. The van der Waals surface area contributed by atoms with Gasteiger partial charge in [0.25, 0.3) is 5.91 Å². The lowest BCUT2D eigenvalue weighted by Crippen LogP contribution is -2.14. The first-order chi connectivity index (χ1) is 14.1. The number of thioether (sulfide) groups is 1. The Kier molecular flexibility index (Phi) is 5.39. The number of nitrogens with one attached hydrogen (secondary N) is 1. The van der Waals surface area contributed by atoms with E-state index in [9.17, 15) is 4.79 Å². The fraction of sp³-hybridized carbons (Fsp3) is 0.150. The van der Waals surface area contributed by atoms with Crippen molar-refractivity contribution in [2.75, 3.05) is 5.32 Å². The fourth-order valence-corrected chi connectivity index (χ4v) is 3.87. The Hall–Kier alpha value is -3.46. The third-order valence-corrected chi connectivity index (χ3v) is 5.33. The highest BCUT2D eigenvalue weighted by molar-refractivity contribution is 7.98. The van der Waals surface area contributed by atoms with E-state index in [1.807, 2.05) is 19.9 Å². The number of hydrogen-bond acceptors (Lipinski definition) is 7. The van der Waals surface area contributed by atoms with Crippen LogP contribution in [0.1, 0.15) is 27.4 Å². The van der Waals surface area contributed by atoms with Crippen LogP contribution in [0.5, 0.6) is 0 Å². The normalized spacial score (nSPS) is 10.8. The van der Waals surface area contributed by atoms with E-state index in [4.69, 9.17) is 4.52 Å². The zero-order valence-electron chi connectivity index (χ0n) is 15.9. The van der Waals surface area contributed by atoms with Gasteiger partial charge < -0.3 is 9.84 Å². The zero-order chi connectivity index (χ0) is 20.2. The molecule has 8 nitrogen and oxygen atoms in total. The van der Waals surface area contributed by atoms with Crippen LogP contribution in [0.4, 0.5) is 5.69 Å². The van der Waals surface area contributed by atoms with E-state index in [2.05, 4.69) is 25.5 Å². The molecule has 0 atom stereocenters. The quantitative estimate of drug-likeness (QED) is 0.486. The van der Waals surface area contributed by atoms with E-state index < -0.39 is 0 Å². The lowest BCUT2D eigenvalue weighted by Gasteiger charge is -2.09. The van der Waals surface area contributed by atoms with Crippen molar-refractivity contribution in [3.05, 3.63) is 77.7 Å². The molecule has 146 valence electrons. The Labute approximate surface area is 171 Å². The molecule has 0 aliphatic heterocycles. The van der Waals surface area contributed by atoms with E-state index in [1.165, 1.54) is 11.8 Å². The molecule has 9 heteroatoms. The van der Waals surface area contributed by atoms with Crippen molar-refractivity contribution in [2.45, 2.75) is 24.6 Å². The molecule has 0 radical (unpaired) electrons. The molecule has 4 rings (SSSR count). The van der Waals surface area contributed by atoms with Gasteiger partial charge in [-0.05, 0) is 44.2 Å². The molecular formula is C20H18N6O2S. The van der Waals surface area contributed by atoms with Gasteiger partial charge in [-0.1, -0.05) is 5.16 Å². The molecule has 0 fully saturated rings. The van der Waals surface area contributed by atoms with Crippen LogP contribution in [-0.2, 0) is 5.75 Å². The smallest absolute Gasteiger partial charge is 0.258 e. The average molecular weight is 406 g/mol. The molecule has 0 aliphatic carbocycles. The van der Waals surface area contributed by atoms with Gasteiger partial charge >= 0.3 is 0 Å². The Morgan fingerprint density at radius 1 is 1.17 bits per heavy atom. The summed E-state index contributed by atoms with van der Waals surface area (Å²) in [4.78, 5) is 21.5. The number of amides is 1. The van der Waals surface area contributed by atoms with Gasteiger partial charge in [-0.25, -0.2) is 14.6 Å². The predicted octanol–water partition coefficient (Wildman–Crippen LogP) is 3.81. The van der Waals surface area contributed by atoms with Crippen molar-refractivity contribution >= 4 is 23.4 Å². The molecule has 4 aromatic rings. The number of carbonyl (C=O) groups excluding carboxylic acids is 1. The third kappa shape index (κ3) is 4.19. The summed E-state index contributed by atoms with van der Waals surface area (Å²) in [5.41, 5.74) is 2.96. The topological polar surface area (TPSA) is 98.7 Å². The number of nitrogens with zero attached hydrogens (tertiary/aromatic N) is 5. The summed E-state index contributed by atoms with van der Waals surface area (Å²) in [6, 6.07) is 8.90. The molecular weight excluding hydrogens is 388 g/mol. The van der Waals surface area contributed by atoms with Gasteiger partial charge in [0, 0.05) is 29.9 Å². The van der Waals surface area contributed by atoms with Gasteiger partial charge in [0.15, 0.2) is 5.82 Å². The first-order valence-corrected chi connectivity index (χ1v) is 9.87. The number of pyridine rings is 2. The average Bonchev–Trinajstić information content (AvgIpc) is 3.38. The summed E-state index contributed by atoms with van der Waals surface area (Å²) >= 11 is 1.47. The minimum Gasteiger partial charge on any atom is -0.361 e. The summed E-state index contributed by atoms with van der Waals surface area (Å²) in [6.45, 7) is 3.78. The largest absolute Gasteiger partial charge is 0.361 e. The number of rotatable bonds is 6. The number of aryl methyl sites for hydroxylation is 2. The van der Waals surface area contributed by atoms with Gasteiger partial charge in [0.2, 0.25) is 0 Å². The van der Waals surface area contributed by atoms with Crippen molar-refractivity contribution in [2.24, 2.45) is 0 Å². The molecule has 0 saturated heterocycles. The van der Waals surface area contributed by atoms with Crippen LogP contribution < -0.4 is 5.32 Å². The second kappa shape index (κ2) is 8.27. The van der Waals surface area contributed by atoms with Crippen molar-refractivity contribution < 1.29 is 9.32 Å². The van der Waals surface area contributed by atoms with Gasteiger partial charge in [-0.15, -0.1) is 11.8 Å². The lowest BCUT2D eigenvalue weighted by atomic mass is 10.2. The highest BCUT2D eigenvalue weighted by Crippen LogP contribution is 2.27. The third-order valence-electron chi connectivity index (χ3n) is 4.30. The van der Waals surface area contributed by atoms with Gasteiger partial charge in [-0.3, -0.25) is 4.79 Å². The standard InChI is InChI=1S/C20H18N6O2S/c1-13-17(14(2)28-25-13)12-29-20-16(5-3-8-21-20)19(27)24-15-6-7-18(22-11-15)26-10-4-9-23-26/h3-11H,12H2,1-2H3,(H,24,27). The highest BCUT2D eigenvalue weighted by Gasteiger charge is 2.16. The van der Waals surface area contributed by atoms with E-state index in [0.717, 1.165) is 17.0 Å². The van der Waals surface area contributed by atoms with Crippen molar-refractivity contribution in [3.63, 3.8) is 0 Å². The van der Waals surface area contributed by atoms with E-state index in [1.54, 1.807) is 53.7 Å². The number of hydrogen-bond donors (Lipinski definition) is 1. The van der Waals surface area contributed by atoms with Crippen LogP contribution in [0.2, 0.25) is 0 Å². The molecule has 1 amide bonds. The van der Waals surface area contributed by atoms with E-state index in [0.29, 0.717) is 27.8 Å². The van der Waals surface area contributed by atoms with E-state index >= 15 is 0 Å². The molecule has 4 aromatic heterocycles. The minimum atomic E-state index is -0.243. The van der Waals surface area contributed by atoms with Crippen molar-refractivity contribution in [1.29, 1.82) is 0 Å². The maximum atomic E-state index is 12.8. The van der Waals surface area contributed by atoms with Crippen LogP contribution in [-0.4, -0.2) is 30.8 Å². The molecule has 4 heterocycles.